The molecule has 1 aliphatic rings. The van der Waals surface area contributed by atoms with E-state index in [-0.39, 0.29) is 5.82 Å². The van der Waals surface area contributed by atoms with Crippen LogP contribution in [0.3, 0.4) is 0 Å². The van der Waals surface area contributed by atoms with Gasteiger partial charge in [0.25, 0.3) is 0 Å². The van der Waals surface area contributed by atoms with Crippen LogP contribution in [0.1, 0.15) is 38.2 Å². The van der Waals surface area contributed by atoms with Crippen molar-refractivity contribution >= 4 is 0 Å². The quantitative estimate of drug-likeness (QED) is 0.816. The first-order valence-electron chi connectivity index (χ1n) is 7.37. The standard InChI is InChI=1S/C16H24FNO/c1-2-8-18-15(12-16-7-4-9-19-16)11-13-5-3-6-14(17)10-13/h3,5-6,10,15-16,18H,2,4,7-9,11-12H2,1H3. The molecule has 106 valence electrons. The summed E-state index contributed by atoms with van der Waals surface area (Å²) in [5.74, 6) is -0.149. The monoisotopic (exact) mass is 265 g/mol. The molecule has 2 nitrogen and oxygen atoms in total. The maximum atomic E-state index is 13.2. The summed E-state index contributed by atoms with van der Waals surface area (Å²) in [5, 5.41) is 3.56. The first-order chi connectivity index (χ1) is 9.28. The molecule has 0 aromatic heterocycles. The third-order valence-electron chi connectivity index (χ3n) is 3.63. The van der Waals surface area contributed by atoms with Crippen molar-refractivity contribution in [1.82, 2.24) is 5.32 Å². The smallest absolute Gasteiger partial charge is 0.123 e. The summed E-state index contributed by atoms with van der Waals surface area (Å²) in [6, 6.07) is 7.30. The van der Waals surface area contributed by atoms with E-state index < -0.39 is 0 Å². The molecule has 1 saturated heterocycles. The zero-order valence-electron chi connectivity index (χ0n) is 11.7. The Labute approximate surface area is 115 Å². The summed E-state index contributed by atoms with van der Waals surface area (Å²) >= 11 is 0. The molecule has 2 atom stereocenters. The van der Waals surface area contributed by atoms with Crippen LogP contribution in [0.5, 0.6) is 0 Å². The van der Waals surface area contributed by atoms with Crippen molar-refractivity contribution < 1.29 is 9.13 Å². The summed E-state index contributed by atoms with van der Waals surface area (Å²) in [6.45, 7) is 4.07. The molecule has 0 radical (unpaired) electrons. The number of nitrogens with one attached hydrogen (secondary N) is 1. The Morgan fingerprint density at radius 3 is 3.05 bits per heavy atom. The van der Waals surface area contributed by atoms with Gasteiger partial charge in [-0.2, -0.15) is 0 Å². The van der Waals surface area contributed by atoms with Gasteiger partial charge < -0.3 is 10.1 Å². The highest BCUT2D eigenvalue weighted by Gasteiger charge is 2.20. The van der Waals surface area contributed by atoms with Crippen LogP contribution < -0.4 is 5.32 Å². The minimum absolute atomic E-state index is 0.149. The Balaban J connectivity index is 1.92. The lowest BCUT2D eigenvalue weighted by molar-refractivity contribution is 0.0946. The van der Waals surface area contributed by atoms with Crippen LogP contribution in [-0.2, 0) is 11.2 Å². The van der Waals surface area contributed by atoms with Gasteiger partial charge in [0.1, 0.15) is 5.82 Å². The predicted octanol–water partition coefficient (Wildman–Crippen LogP) is 3.31. The lowest BCUT2D eigenvalue weighted by Crippen LogP contribution is -2.35. The lowest BCUT2D eigenvalue weighted by atomic mass is 9.99. The topological polar surface area (TPSA) is 21.3 Å². The van der Waals surface area contributed by atoms with Crippen LogP contribution in [0.4, 0.5) is 4.39 Å². The van der Waals surface area contributed by atoms with Crippen molar-refractivity contribution in [3.05, 3.63) is 35.6 Å². The molecule has 0 spiro atoms. The van der Waals surface area contributed by atoms with Crippen molar-refractivity contribution in [1.29, 1.82) is 0 Å². The van der Waals surface area contributed by atoms with Gasteiger partial charge >= 0.3 is 0 Å². The second-order valence-corrected chi connectivity index (χ2v) is 5.36. The maximum absolute atomic E-state index is 13.2. The zero-order valence-corrected chi connectivity index (χ0v) is 11.7. The zero-order chi connectivity index (χ0) is 13.5. The maximum Gasteiger partial charge on any atom is 0.123 e. The highest BCUT2D eigenvalue weighted by atomic mass is 19.1. The van der Waals surface area contributed by atoms with Gasteiger partial charge in [0, 0.05) is 12.6 Å². The summed E-state index contributed by atoms with van der Waals surface area (Å²) in [6.07, 6.45) is 5.72. The molecule has 1 fully saturated rings. The Hall–Kier alpha value is -0.930. The van der Waals surface area contributed by atoms with Crippen molar-refractivity contribution in [3.63, 3.8) is 0 Å². The number of rotatable bonds is 7. The molecular formula is C16H24FNO. The van der Waals surface area contributed by atoms with Gasteiger partial charge in [-0.15, -0.1) is 0 Å². The largest absolute Gasteiger partial charge is 0.378 e. The molecule has 3 heteroatoms. The SMILES string of the molecule is CCCNC(Cc1cccc(F)c1)CC1CCCO1. The van der Waals surface area contributed by atoms with E-state index in [0.29, 0.717) is 12.1 Å². The molecule has 1 aromatic rings. The van der Waals surface area contributed by atoms with E-state index in [0.717, 1.165) is 44.4 Å². The number of halogens is 1. The third kappa shape index (κ3) is 4.92. The third-order valence-corrected chi connectivity index (χ3v) is 3.63. The molecule has 1 aromatic carbocycles. The molecule has 2 unspecified atom stereocenters. The van der Waals surface area contributed by atoms with Gasteiger partial charge in [-0.25, -0.2) is 4.39 Å². The van der Waals surface area contributed by atoms with Crippen LogP contribution in [0, 0.1) is 5.82 Å². The highest BCUT2D eigenvalue weighted by Crippen LogP contribution is 2.19. The Morgan fingerprint density at radius 1 is 1.47 bits per heavy atom. The summed E-state index contributed by atoms with van der Waals surface area (Å²) in [4.78, 5) is 0. The Kier molecular flexibility index (Phi) is 5.80. The van der Waals surface area contributed by atoms with E-state index in [2.05, 4.69) is 12.2 Å². The fourth-order valence-electron chi connectivity index (χ4n) is 2.68. The van der Waals surface area contributed by atoms with Gasteiger partial charge in [0.05, 0.1) is 6.10 Å². The summed E-state index contributed by atoms with van der Waals surface area (Å²) in [7, 11) is 0. The van der Waals surface area contributed by atoms with Crippen molar-refractivity contribution in [3.8, 4) is 0 Å². The fraction of sp³-hybridized carbons (Fsp3) is 0.625. The molecule has 0 amide bonds. The molecule has 1 heterocycles. The van der Waals surface area contributed by atoms with Gasteiger partial charge in [-0.1, -0.05) is 19.1 Å². The van der Waals surface area contributed by atoms with Crippen molar-refractivity contribution in [2.75, 3.05) is 13.2 Å². The first kappa shape index (κ1) is 14.5. The minimum Gasteiger partial charge on any atom is -0.378 e. The number of ether oxygens (including phenoxy) is 1. The van der Waals surface area contributed by atoms with Crippen LogP contribution in [0.25, 0.3) is 0 Å². The van der Waals surface area contributed by atoms with Crippen LogP contribution in [0.2, 0.25) is 0 Å². The molecule has 0 bridgehead atoms. The molecule has 1 aliphatic heterocycles. The van der Waals surface area contributed by atoms with Gasteiger partial charge in [0.15, 0.2) is 0 Å². The second kappa shape index (κ2) is 7.61. The van der Waals surface area contributed by atoms with Gasteiger partial charge in [-0.05, 0) is 56.3 Å². The van der Waals surface area contributed by atoms with E-state index in [1.165, 1.54) is 12.5 Å². The second-order valence-electron chi connectivity index (χ2n) is 5.36. The first-order valence-corrected chi connectivity index (χ1v) is 7.37. The Bertz CT molecular complexity index is 377. The van der Waals surface area contributed by atoms with Crippen LogP contribution in [0.15, 0.2) is 24.3 Å². The average molecular weight is 265 g/mol. The number of hydrogen-bond donors (Lipinski definition) is 1. The van der Waals surface area contributed by atoms with Gasteiger partial charge in [0.2, 0.25) is 0 Å². The van der Waals surface area contributed by atoms with E-state index >= 15 is 0 Å². The highest BCUT2D eigenvalue weighted by molar-refractivity contribution is 5.17. The van der Waals surface area contributed by atoms with E-state index in [1.807, 2.05) is 6.07 Å². The van der Waals surface area contributed by atoms with Crippen molar-refractivity contribution in [2.45, 2.75) is 51.2 Å². The summed E-state index contributed by atoms with van der Waals surface area (Å²) in [5.41, 5.74) is 1.06. The lowest BCUT2D eigenvalue weighted by Gasteiger charge is -2.22. The Morgan fingerprint density at radius 2 is 2.37 bits per heavy atom. The van der Waals surface area contributed by atoms with Crippen LogP contribution in [-0.4, -0.2) is 25.3 Å². The van der Waals surface area contributed by atoms with E-state index in [4.69, 9.17) is 4.74 Å². The number of hydrogen-bond acceptors (Lipinski definition) is 2. The van der Waals surface area contributed by atoms with E-state index in [1.54, 1.807) is 12.1 Å². The normalized spacial score (nSPS) is 20.6. The molecule has 1 N–H and O–H groups in total. The molecule has 0 saturated carbocycles. The molecule has 0 aliphatic carbocycles. The molecular weight excluding hydrogens is 241 g/mol. The fourth-order valence-corrected chi connectivity index (χ4v) is 2.68. The van der Waals surface area contributed by atoms with Gasteiger partial charge in [-0.3, -0.25) is 0 Å². The number of benzene rings is 1. The molecule has 19 heavy (non-hydrogen) atoms. The van der Waals surface area contributed by atoms with E-state index in [9.17, 15) is 4.39 Å². The van der Waals surface area contributed by atoms with Crippen LogP contribution >= 0.6 is 0 Å². The average Bonchev–Trinajstić information content (AvgIpc) is 2.89. The predicted molar refractivity (Wildman–Crippen MR) is 75.8 cm³/mol. The molecule has 2 rings (SSSR count). The summed E-state index contributed by atoms with van der Waals surface area (Å²) < 4.78 is 18.9. The van der Waals surface area contributed by atoms with Crippen molar-refractivity contribution in [2.24, 2.45) is 0 Å². The minimum atomic E-state index is -0.149.